The molecule has 0 unspecified atom stereocenters. The van der Waals surface area contributed by atoms with E-state index >= 15 is 0 Å². The fourth-order valence-corrected chi connectivity index (χ4v) is 7.29. The standard InChI is InChI=1S/C30H43N2O2/c1-23-13-14-25(24(2)31-23)10-9-19-32-20-15-26(16-21-32)28(22-32)34-29(33)30(27-11-5-6-12-27)17-7-3-4-8-18-30/h5-6,11,13-14,26,28H,3-4,7-10,12,15-22H2,1-2H3/q+1/t26?,28-,32?/m0/s1. The predicted octanol–water partition coefficient (Wildman–Crippen LogP) is 6.01. The summed E-state index contributed by atoms with van der Waals surface area (Å²) in [6.07, 6.45) is 19.0. The Morgan fingerprint density at radius 3 is 2.56 bits per heavy atom. The SMILES string of the molecule is Cc1ccc(CCC[N+]23CCC(CC2)[C@@H](OC(=O)C2(C4=CC=CC4)CCCCCC2)C3)c(C)n1. The Labute approximate surface area is 206 Å². The van der Waals surface area contributed by atoms with E-state index in [-0.39, 0.29) is 17.5 Å². The number of carbonyl (C=O) groups is 1. The molecule has 4 nitrogen and oxygen atoms in total. The van der Waals surface area contributed by atoms with Crippen molar-refractivity contribution in [3.63, 3.8) is 0 Å². The van der Waals surface area contributed by atoms with E-state index in [4.69, 9.17) is 4.74 Å². The number of fused-ring (bicyclic) bond motifs is 3. The first kappa shape index (κ1) is 23.8. The van der Waals surface area contributed by atoms with Crippen LogP contribution >= 0.6 is 0 Å². The highest BCUT2D eigenvalue weighted by Gasteiger charge is 2.50. The lowest BCUT2D eigenvalue weighted by Crippen LogP contribution is -2.65. The molecular formula is C30H43N2O2+. The Balaban J connectivity index is 1.24. The molecule has 4 fully saturated rings. The smallest absolute Gasteiger partial charge is 0.316 e. The van der Waals surface area contributed by atoms with Gasteiger partial charge in [0.25, 0.3) is 0 Å². The van der Waals surface area contributed by atoms with Crippen molar-refractivity contribution >= 4 is 5.97 Å². The van der Waals surface area contributed by atoms with E-state index in [0.29, 0.717) is 5.92 Å². The van der Waals surface area contributed by atoms with Crippen LogP contribution in [-0.4, -0.2) is 47.7 Å². The summed E-state index contributed by atoms with van der Waals surface area (Å²) in [5.41, 5.74) is 4.60. The third kappa shape index (κ3) is 4.76. The summed E-state index contributed by atoms with van der Waals surface area (Å²) < 4.78 is 7.67. The molecule has 2 aliphatic carbocycles. The van der Waals surface area contributed by atoms with Crippen LogP contribution in [0.15, 0.2) is 35.9 Å². The monoisotopic (exact) mass is 463 g/mol. The number of hydrogen-bond acceptors (Lipinski definition) is 3. The van der Waals surface area contributed by atoms with Gasteiger partial charge in [0.05, 0.1) is 25.0 Å². The van der Waals surface area contributed by atoms with Gasteiger partial charge in [-0.1, -0.05) is 50.0 Å². The molecule has 6 rings (SSSR count). The number of hydrogen-bond donors (Lipinski definition) is 0. The molecule has 3 aliphatic heterocycles. The van der Waals surface area contributed by atoms with E-state index in [1.165, 1.54) is 68.6 Å². The van der Waals surface area contributed by atoms with Crippen LogP contribution in [0.2, 0.25) is 0 Å². The zero-order valence-corrected chi connectivity index (χ0v) is 21.4. The average Bonchev–Trinajstić information content (AvgIpc) is 3.26. The molecule has 4 heterocycles. The van der Waals surface area contributed by atoms with Crippen molar-refractivity contribution in [1.29, 1.82) is 0 Å². The molecule has 1 atom stereocenters. The second-order valence-electron chi connectivity index (χ2n) is 11.6. The lowest BCUT2D eigenvalue weighted by molar-refractivity contribution is -0.946. The number of quaternary nitrogens is 1. The highest BCUT2D eigenvalue weighted by Crippen LogP contribution is 2.46. The van der Waals surface area contributed by atoms with E-state index in [1.807, 2.05) is 0 Å². The topological polar surface area (TPSA) is 39.2 Å². The van der Waals surface area contributed by atoms with Gasteiger partial charge in [0, 0.05) is 36.6 Å². The molecule has 1 saturated carbocycles. The summed E-state index contributed by atoms with van der Waals surface area (Å²) in [5, 5.41) is 0. The quantitative estimate of drug-likeness (QED) is 0.282. The Morgan fingerprint density at radius 1 is 1.12 bits per heavy atom. The third-order valence-corrected chi connectivity index (χ3v) is 9.45. The van der Waals surface area contributed by atoms with Crippen LogP contribution in [0.4, 0.5) is 0 Å². The van der Waals surface area contributed by atoms with Gasteiger partial charge in [-0.25, -0.2) is 0 Å². The largest absolute Gasteiger partial charge is 0.455 e. The summed E-state index contributed by atoms with van der Waals surface area (Å²) in [5.74, 6) is 0.661. The van der Waals surface area contributed by atoms with Crippen molar-refractivity contribution in [2.75, 3.05) is 26.2 Å². The van der Waals surface area contributed by atoms with Crippen LogP contribution in [0.1, 0.15) is 81.2 Å². The van der Waals surface area contributed by atoms with Crippen LogP contribution in [-0.2, 0) is 16.0 Å². The fourth-order valence-electron chi connectivity index (χ4n) is 7.29. The molecule has 2 bridgehead atoms. The first-order chi connectivity index (χ1) is 16.5. The summed E-state index contributed by atoms with van der Waals surface area (Å²) in [7, 11) is 0. The van der Waals surface area contributed by atoms with E-state index in [2.05, 4.69) is 49.2 Å². The van der Waals surface area contributed by atoms with Crippen LogP contribution in [0.5, 0.6) is 0 Å². The van der Waals surface area contributed by atoms with Crippen LogP contribution in [0.3, 0.4) is 0 Å². The van der Waals surface area contributed by atoms with Crippen LogP contribution in [0, 0.1) is 25.2 Å². The van der Waals surface area contributed by atoms with Gasteiger partial charge in [0.1, 0.15) is 6.54 Å². The second-order valence-corrected chi connectivity index (χ2v) is 11.6. The lowest BCUT2D eigenvalue weighted by Gasteiger charge is -2.52. The van der Waals surface area contributed by atoms with Crippen LogP contribution < -0.4 is 0 Å². The molecule has 1 aromatic heterocycles. The second kappa shape index (κ2) is 9.97. The van der Waals surface area contributed by atoms with E-state index < -0.39 is 0 Å². The third-order valence-electron chi connectivity index (χ3n) is 9.45. The zero-order valence-electron chi connectivity index (χ0n) is 21.4. The minimum absolute atomic E-state index is 0.0996. The summed E-state index contributed by atoms with van der Waals surface area (Å²) in [6, 6.07) is 4.39. The minimum Gasteiger partial charge on any atom is -0.455 e. The number of allylic oxidation sites excluding steroid dienone is 3. The van der Waals surface area contributed by atoms with Crippen molar-refractivity contribution in [3.8, 4) is 0 Å². The molecule has 5 aliphatic rings. The molecule has 34 heavy (non-hydrogen) atoms. The summed E-state index contributed by atoms with van der Waals surface area (Å²) in [6.45, 7) is 8.92. The maximum atomic E-state index is 13.9. The summed E-state index contributed by atoms with van der Waals surface area (Å²) in [4.78, 5) is 18.5. The first-order valence-corrected chi connectivity index (χ1v) is 13.9. The number of ether oxygens (including phenoxy) is 1. The molecule has 0 aromatic carbocycles. The minimum atomic E-state index is -0.368. The van der Waals surface area contributed by atoms with E-state index in [0.717, 1.165) is 55.2 Å². The van der Waals surface area contributed by atoms with Gasteiger partial charge >= 0.3 is 5.97 Å². The van der Waals surface area contributed by atoms with Gasteiger partial charge in [-0.3, -0.25) is 9.78 Å². The Hall–Kier alpha value is -1.94. The average molecular weight is 464 g/mol. The highest BCUT2D eigenvalue weighted by molar-refractivity contribution is 5.81. The highest BCUT2D eigenvalue weighted by atomic mass is 16.5. The van der Waals surface area contributed by atoms with Crippen molar-refractivity contribution in [2.45, 2.75) is 90.6 Å². The van der Waals surface area contributed by atoms with Gasteiger partial charge in [-0.2, -0.15) is 0 Å². The van der Waals surface area contributed by atoms with Crippen molar-refractivity contribution in [2.24, 2.45) is 11.3 Å². The summed E-state index contributed by atoms with van der Waals surface area (Å²) >= 11 is 0. The number of rotatable bonds is 7. The Bertz CT molecular complexity index is 947. The molecule has 0 amide bonds. The molecule has 0 N–H and O–H groups in total. The molecule has 0 radical (unpaired) electrons. The molecule has 184 valence electrons. The lowest BCUT2D eigenvalue weighted by atomic mass is 9.73. The van der Waals surface area contributed by atoms with Gasteiger partial charge in [0.15, 0.2) is 6.10 Å². The Morgan fingerprint density at radius 2 is 1.88 bits per heavy atom. The van der Waals surface area contributed by atoms with Crippen LogP contribution in [0.25, 0.3) is 0 Å². The normalized spacial score (nSPS) is 30.1. The fraction of sp³-hybridized carbons (Fsp3) is 0.667. The predicted molar refractivity (Wildman–Crippen MR) is 136 cm³/mol. The number of carbonyl (C=O) groups excluding carboxylic acids is 1. The number of aromatic nitrogens is 1. The van der Waals surface area contributed by atoms with Gasteiger partial charge in [0.2, 0.25) is 0 Å². The first-order valence-electron chi connectivity index (χ1n) is 13.9. The van der Waals surface area contributed by atoms with E-state index in [9.17, 15) is 4.79 Å². The maximum Gasteiger partial charge on any atom is 0.316 e. The molecule has 0 spiro atoms. The van der Waals surface area contributed by atoms with Crippen molar-refractivity contribution < 1.29 is 14.0 Å². The van der Waals surface area contributed by atoms with Gasteiger partial charge in [-0.15, -0.1) is 0 Å². The molecule has 3 saturated heterocycles. The molecule has 4 heteroatoms. The van der Waals surface area contributed by atoms with Crippen molar-refractivity contribution in [1.82, 2.24) is 4.98 Å². The molecule has 1 aromatic rings. The molecular weight excluding hydrogens is 420 g/mol. The number of nitrogens with zero attached hydrogens (tertiary/aromatic N) is 2. The number of piperidine rings is 3. The number of esters is 1. The Kier molecular flexibility index (Phi) is 6.97. The number of pyridine rings is 1. The maximum absolute atomic E-state index is 13.9. The van der Waals surface area contributed by atoms with Gasteiger partial charge in [-0.05, 0) is 56.7 Å². The van der Waals surface area contributed by atoms with Crippen molar-refractivity contribution in [3.05, 3.63) is 52.9 Å². The van der Waals surface area contributed by atoms with Gasteiger partial charge < -0.3 is 9.22 Å². The number of aryl methyl sites for hydroxylation is 3. The zero-order chi connectivity index (χ0) is 23.6. The van der Waals surface area contributed by atoms with E-state index in [1.54, 1.807) is 0 Å².